The fraction of sp³-hybridized carbons (Fsp3) is 0.130. The molecule has 0 aliphatic carbocycles. The maximum atomic E-state index is 12.9. The van der Waals surface area contributed by atoms with Gasteiger partial charge in [0.15, 0.2) is 6.61 Å². The van der Waals surface area contributed by atoms with Crippen molar-refractivity contribution in [3.63, 3.8) is 0 Å². The van der Waals surface area contributed by atoms with Crippen LogP contribution in [0.3, 0.4) is 0 Å². The summed E-state index contributed by atoms with van der Waals surface area (Å²) >= 11 is 5.92. The first-order valence-corrected chi connectivity index (χ1v) is 11.7. The molecule has 0 saturated carbocycles. The minimum absolute atomic E-state index is 0.0197. The number of aryl methyl sites for hydroxylation is 1. The number of benzene rings is 3. The summed E-state index contributed by atoms with van der Waals surface area (Å²) in [4.78, 5) is 23.3. The Balaban J connectivity index is 1.65. The van der Waals surface area contributed by atoms with Gasteiger partial charge >= 0.3 is 0 Å². The van der Waals surface area contributed by atoms with Crippen LogP contribution in [0.25, 0.3) is 0 Å². The van der Waals surface area contributed by atoms with Gasteiger partial charge in [0.1, 0.15) is 5.75 Å². The van der Waals surface area contributed by atoms with E-state index in [9.17, 15) is 18.0 Å². The molecule has 0 bridgehead atoms. The SMILES string of the molecule is Cc1ccc(NC(=O)COc2ccc(CC(N)=O)cc2)cc1S(=O)(=O)Nc1cccc(Cl)c1. The first-order chi connectivity index (χ1) is 15.6. The molecule has 2 amide bonds. The van der Waals surface area contributed by atoms with Crippen molar-refractivity contribution >= 4 is 44.8 Å². The molecule has 8 nitrogen and oxygen atoms in total. The predicted octanol–water partition coefficient (Wildman–Crippen LogP) is 3.49. The highest BCUT2D eigenvalue weighted by molar-refractivity contribution is 7.92. The molecule has 0 heterocycles. The molecule has 0 aliphatic heterocycles. The van der Waals surface area contributed by atoms with Gasteiger partial charge in [0, 0.05) is 10.7 Å². The highest BCUT2D eigenvalue weighted by atomic mass is 35.5. The monoisotopic (exact) mass is 487 g/mol. The van der Waals surface area contributed by atoms with E-state index in [1.54, 1.807) is 61.5 Å². The largest absolute Gasteiger partial charge is 0.484 e. The van der Waals surface area contributed by atoms with Crippen LogP contribution < -0.4 is 20.5 Å². The predicted molar refractivity (Wildman–Crippen MR) is 127 cm³/mol. The number of nitrogens with one attached hydrogen (secondary N) is 2. The zero-order valence-corrected chi connectivity index (χ0v) is 19.2. The van der Waals surface area contributed by atoms with E-state index in [2.05, 4.69) is 10.0 Å². The van der Waals surface area contributed by atoms with Crippen LogP contribution in [-0.2, 0) is 26.0 Å². The Labute approximate surface area is 196 Å². The summed E-state index contributed by atoms with van der Waals surface area (Å²) < 4.78 is 33.6. The second-order valence-corrected chi connectivity index (χ2v) is 9.31. The van der Waals surface area contributed by atoms with E-state index in [-0.39, 0.29) is 17.9 Å². The van der Waals surface area contributed by atoms with Gasteiger partial charge in [0.2, 0.25) is 5.91 Å². The second kappa shape index (κ2) is 10.4. The summed E-state index contributed by atoms with van der Waals surface area (Å²) in [7, 11) is -3.91. The fourth-order valence-corrected chi connectivity index (χ4v) is 4.49. The number of amides is 2. The van der Waals surface area contributed by atoms with Crippen LogP contribution in [-0.4, -0.2) is 26.8 Å². The van der Waals surface area contributed by atoms with Crippen molar-refractivity contribution in [1.29, 1.82) is 0 Å². The molecule has 10 heteroatoms. The van der Waals surface area contributed by atoms with Gasteiger partial charge in [-0.15, -0.1) is 0 Å². The van der Waals surface area contributed by atoms with E-state index in [0.29, 0.717) is 27.7 Å². The van der Waals surface area contributed by atoms with Gasteiger partial charge in [0.25, 0.3) is 15.9 Å². The van der Waals surface area contributed by atoms with Gasteiger partial charge in [0.05, 0.1) is 17.0 Å². The Hall–Kier alpha value is -3.56. The van der Waals surface area contributed by atoms with Crippen molar-refractivity contribution in [2.45, 2.75) is 18.2 Å². The van der Waals surface area contributed by atoms with E-state index in [0.717, 1.165) is 5.56 Å². The summed E-state index contributed by atoms with van der Waals surface area (Å²) in [5.41, 5.74) is 7.03. The van der Waals surface area contributed by atoms with Gasteiger partial charge in [-0.3, -0.25) is 14.3 Å². The average molecular weight is 488 g/mol. The average Bonchev–Trinajstić information content (AvgIpc) is 2.74. The van der Waals surface area contributed by atoms with Gasteiger partial charge < -0.3 is 15.8 Å². The van der Waals surface area contributed by atoms with Gasteiger partial charge in [-0.1, -0.05) is 35.9 Å². The summed E-state index contributed by atoms with van der Waals surface area (Å²) in [5.74, 6) is -0.465. The van der Waals surface area contributed by atoms with Crippen LogP contribution in [0.4, 0.5) is 11.4 Å². The van der Waals surface area contributed by atoms with Crippen molar-refractivity contribution < 1.29 is 22.7 Å². The zero-order valence-electron chi connectivity index (χ0n) is 17.7. The molecular formula is C23H22ClN3O5S. The quantitative estimate of drug-likeness (QED) is 0.425. The van der Waals surface area contributed by atoms with Crippen molar-refractivity contribution in [2.75, 3.05) is 16.6 Å². The summed E-state index contributed by atoms with van der Waals surface area (Å²) in [6, 6.07) is 17.5. The van der Waals surface area contributed by atoms with Crippen LogP contribution in [0.15, 0.2) is 71.6 Å². The molecule has 172 valence electrons. The normalized spacial score (nSPS) is 11.0. The second-order valence-electron chi connectivity index (χ2n) is 7.22. The number of primary amides is 1. The minimum atomic E-state index is -3.91. The fourth-order valence-electron chi connectivity index (χ4n) is 2.98. The lowest BCUT2D eigenvalue weighted by molar-refractivity contribution is -0.118. The summed E-state index contributed by atoms with van der Waals surface area (Å²) in [5, 5.41) is 3.02. The number of hydrogen-bond donors (Lipinski definition) is 3. The summed E-state index contributed by atoms with van der Waals surface area (Å²) in [6.45, 7) is 1.37. The molecule has 0 atom stereocenters. The number of carbonyl (C=O) groups excluding carboxylic acids is 2. The smallest absolute Gasteiger partial charge is 0.262 e. The Morgan fingerprint density at radius 3 is 2.39 bits per heavy atom. The Morgan fingerprint density at radius 1 is 1.00 bits per heavy atom. The molecule has 0 aliphatic rings. The zero-order chi connectivity index (χ0) is 24.0. The maximum Gasteiger partial charge on any atom is 0.262 e. The Morgan fingerprint density at radius 2 is 1.73 bits per heavy atom. The molecule has 0 radical (unpaired) electrons. The number of anilines is 2. The first kappa shape index (κ1) is 24.1. The molecule has 0 aromatic heterocycles. The van der Waals surface area contributed by atoms with Gasteiger partial charge in [-0.2, -0.15) is 0 Å². The van der Waals surface area contributed by atoms with Crippen LogP contribution in [0.5, 0.6) is 5.75 Å². The molecule has 0 fully saturated rings. The van der Waals surface area contributed by atoms with Crippen molar-refractivity contribution in [2.24, 2.45) is 5.73 Å². The Kier molecular flexibility index (Phi) is 7.57. The molecule has 0 spiro atoms. The van der Waals surface area contributed by atoms with E-state index >= 15 is 0 Å². The lowest BCUT2D eigenvalue weighted by Crippen LogP contribution is -2.21. The number of nitrogens with two attached hydrogens (primary N) is 1. The standard InChI is InChI=1S/C23H22ClN3O5S/c1-15-5-8-18(13-21(15)33(30,31)27-19-4-2-3-17(24)12-19)26-23(29)14-32-20-9-6-16(7-10-20)11-22(25)28/h2-10,12-13,27H,11,14H2,1H3,(H2,25,28)(H,26,29). The number of ether oxygens (including phenoxy) is 1. The molecule has 3 aromatic rings. The van der Waals surface area contributed by atoms with E-state index in [4.69, 9.17) is 22.1 Å². The van der Waals surface area contributed by atoms with Crippen LogP contribution in [0.2, 0.25) is 5.02 Å². The number of halogens is 1. The molecule has 4 N–H and O–H groups in total. The van der Waals surface area contributed by atoms with E-state index in [1.165, 1.54) is 12.1 Å². The van der Waals surface area contributed by atoms with Gasteiger partial charge in [-0.25, -0.2) is 8.42 Å². The summed E-state index contributed by atoms with van der Waals surface area (Å²) in [6.07, 6.45) is 0.117. The van der Waals surface area contributed by atoms with E-state index < -0.39 is 21.8 Å². The van der Waals surface area contributed by atoms with Crippen molar-refractivity contribution in [3.8, 4) is 5.75 Å². The topological polar surface area (TPSA) is 128 Å². The Bertz CT molecular complexity index is 1280. The number of rotatable bonds is 9. The molecular weight excluding hydrogens is 466 g/mol. The number of sulfonamides is 1. The number of carbonyl (C=O) groups is 2. The highest BCUT2D eigenvalue weighted by Crippen LogP contribution is 2.24. The van der Waals surface area contributed by atoms with Crippen LogP contribution >= 0.6 is 11.6 Å². The molecule has 33 heavy (non-hydrogen) atoms. The lowest BCUT2D eigenvalue weighted by Gasteiger charge is -2.13. The van der Waals surface area contributed by atoms with Crippen LogP contribution in [0, 0.1) is 6.92 Å². The third kappa shape index (κ3) is 6.96. The molecule has 0 unspecified atom stereocenters. The van der Waals surface area contributed by atoms with Crippen LogP contribution in [0.1, 0.15) is 11.1 Å². The third-order valence-corrected chi connectivity index (χ3v) is 6.27. The lowest BCUT2D eigenvalue weighted by atomic mass is 10.1. The van der Waals surface area contributed by atoms with Crippen molar-refractivity contribution in [3.05, 3.63) is 82.9 Å². The minimum Gasteiger partial charge on any atom is -0.484 e. The van der Waals surface area contributed by atoms with Gasteiger partial charge in [-0.05, 0) is 60.5 Å². The highest BCUT2D eigenvalue weighted by Gasteiger charge is 2.18. The first-order valence-electron chi connectivity index (χ1n) is 9.81. The third-order valence-electron chi connectivity index (χ3n) is 4.51. The maximum absolute atomic E-state index is 12.9. The number of hydrogen-bond acceptors (Lipinski definition) is 5. The molecule has 3 aromatic carbocycles. The molecule has 0 saturated heterocycles. The van der Waals surface area contributed by atoms with E-state index in [1.807, 2.05) is 0 Å². The molecule has 3 rings (SSSR count). The van der Waals surface area contributed by atoms with Crippen molar-refractivity contribution in [1.82, 2.24) is 0 Å².